The van der Waals surface area contributed by atoms with E-state index in [2.05, 4.69) is 10.3 Å². The number of pyridine rings is 1. The molecule has 0 bridgehead atoms. The summed E-state index contributed by atoms with van der Waals surface area (Å²) in [7, 11) is -2.93. The summed E-state index contributed by atoms with van der Waals surface area (Å²) in [5.41, 5.74) is 0.499. The van der Waals surface area contributed by atoms with Crippen molar-refractivity contribution in [3.63, 3.8) is 0 Å². The van der Waals surface area contributed by atoms with Crippen LogP contribution in [0.4, 0.5) is 5.82 Å². The van der Waals surface area contributed by atoms with Crippen LogP contribution in [-0.2, 0) is 9.84 Å². The second-order valence-electron chi connectivity index (χ2n) is 4.01. The monoisotopic (exact) mass is 253 g/mol. The molecule has 1 atom stereocenters. The van der Waals surface area contributed by atoms with Gasteiger partial charge < -0.3 is 5.32 Å². The molecule has 0 fully saturated rings. The van der Waals surface area contributed by atoms with Crippen molar-refractivity contribution in [1.29, 1.82) is 5.26 Å². The highest BCUT2D eigenvalue weighted by atomic mass is 32.2. The van der Waals surface area contributed by atoms with Gasteiger partial charge in [0.25, 0.3) is 0 Å². The number of rotatable bonds is 5. The number of aromatic nitrogens is 1. The minimum Gasteiger partial charge on any atom is -0.368 e. The van der Waals surface area contributed by atoms with Crippen LogP contribution in [0, 0.1) is 11.3 Å². The van der Waals surface area contributed by atoms with Gasteiger partial charge in [0.05, 0.1) is 11.3 Å². The van der Waals surface area contributed by atoms with Gasteiger partial charge in [0, 0.05) is 18.5 Å². The van der Waals surface area contributed by atoms with Gasteiger partial charge >= 0.3 is 0 Å². The summed E-state index contributed by atoms with van der Waals surface area (Å²) < 4.78 is 22.0. The zero-order valence-electron chi connectivity index (χ0n) is 9.84. The normalized spacial score (nSPS) is 12.8. The number of anilines is 1. The molecule has 17 heavy (non-hydrogen) atoms. The molecule has 0 amide bonds. The lowest BCUT2D eigenvalue weighted by molar-refractivity contribution is 0.595. The highest BCUT2D eigenvalue weighted by Crippen LogP contribution is 2.07. The Hall–Kier alpha value is -1.61. The molecule has 0 aliphatic rings. The summed E-state index contributed by atoms with van der Waals surface area (Å²) in [6, 6.07) is 5.37. The van der Waals surface area contributed by atoms with Crippen LogP contribution in [0.25, 0.3) is 0 Å². The van der Waals surface area contributed by atoms with Crippen LogP contribution in [0.3, 0.4) is 0 Å². The average Bonchev–Trinajstić information content (AvgIpc) is 2.27. The predicted octanol–water partition coefficient (Wildman–Crippen LogP) is 1.19. The zero-order chi connectivity index (χ0) is 12.9. The lowest BCUT2D eigenvalue weighted by atomic mass is 10.2. The van der Waals surface area contributed by atoms with E-state index in [0.717, 1.165) is 0 Å². The van der Waals surface area contributed by atoms with Crippen LogP contribution in [0.2, 0.25) is 0 Å². The van der Waals surface area contributed by atoms with Gasteiger partial charge in [0.2, 0.25) is 0 Å². The quantitative estimate of drug-likeness (QED) is 0.852. The summed E-state index contributed by atoms with van der Waals surface area (Å²) in [6.45, 7) is 1.89. The van der Waals surface area contributed by atoms with E-state index >= 15 is 0 Å². The Kier molecular flexibility index (Phi) is 4.46. The highest BCUT2D eigenvalue weighted by Gasteiger charge is 2.08. The third-order valence-electron chi connectivity index (χ3n) is 2.21. The smallest absolute Gasteiger partial charge is 0.147 e. The maximum absolute atomic E-state index is 11.0. The molecule has 1 N–H and O–H groups in total. The molecule has 92 valence electrons. The Bertz CT molecular complexity index is 503. The molecule has 0 aliphatic heterocycles. The van der Waals surface area contributed by atoms with Crippen LogP contribution in [0.1, 0.15) is 18.9 Å². The van der Waals surface area contributed by atoms with Crippen molar-refractivity contribution >= 4 is 15.7 Å². The predicted molar refractivity (Wildman–Crippen MR) is 66.4 cm³/mol. The van der Waals surface area contributed by atoms with Crippen LogP contribution >= 0.6 is 0 Å². The summed E-state index contributed by atoms with van der Waals surface area (Å²) in [6.07, 6.45) is 3.23. The molecule has 0 saturated heterocycles. The first kappa shape index (κ1) is 13.5. The van der Waals surface area contributed by atoms with Crippen LogP contribution in [0.5, 0.6) is 0 Å². The van der Waals surface area contributed by atoms with Crippen molar-refractivity contribution in [3.05, 3.63) is 23.9 Å². The second kappa shape index (κ2) is 5.64. The average molecular weight is 253 g/mol. The van der Waals surface area contributed by atoms with E-state index in [1.54, 1.807) is 12.1 Å². The maximum Gasteiger partial charge on any atom is 0.147 e. The highest BCUT2D eigenvalue weighted by molar-refractivity contribution is 7.90. The number of nitriles is 1. The molecule has 0 spiro atoms. The molecule has 0 aromatic carbocycles. The van der Waals surface area contributed by atoms with Gasteiger partial charge in [-0.15, -0.1) is 0 Å². The molecular formula is C11H15N3O2S. The second-order valence-corrected chi connectivity index (χ2v) is 6.27. The lowest BCUT2D eigenvalue weighted by Gasteiger charge is -2.13. The van der Waals surface area contributed by atoms with Gasteiger partial charge in [0.1, 0.15) is 21.7 Å². The Balaban J connectivity index is 2.51. The van der Waals surface area contributed by atoms with E-state index in [0.29, 0.717) is 17.8 Å². The topological polar surface area (TPSA) is 82.9 Å². The minimum atomic E-state index is -2.93. The minimum absolute atomic E-state index is 0.0187. The third kappa shape index (κ3) is 5.31. The van der Waals surface area contributed by atoms with Gasteiger partial charge in [-0.1, -0.05) is 0 Å². The summed E-state index contributed by atoms with van der Waals surface area (Å²) >= 11 is 0. The van der Waals surface area contributed by atoms with E-state index in [4.69, 9.17) is 5.26 Å². The molecule has 1 rings (SSSR count). The number of nitrogens with one attached hydrogen (secondary N) is 1. The van der Waals surface area contributed by atoms with Gasteiger partial charge in [-0.25, -0.2) is 13.4 Å². The van der Waals surface area contributed by atoms with Crippen molar-refractivity contribution in [2.24, 2.45) is 0 Å². The first-order valence-corrected chi connectivity index (χ1v) is 7.27. The third-order valence-corrected chi connectivity index (χ3v) is 3.19. The van der Waals surface area contributed by atoms with Crippen molar-refractivity contribution < 1.29 is 8.42 Å². The SMILES string of the molecule is CC(CCS(C)(=O)=O)Nc1ccc(C#N)cn1. The van der Waals surface area contributed by atoms with Crippen LogP contribution in [0.15, 0.2) is 18.3 Å². The Morgan fingerprint density at radius 1 is 1.53 bits per heavy atom. The van der Waals surface area contributed by atoms with Crippen molar-refractivity contribution in [3.8, 4) is 6.07 Å². The molecule has 0 aliphatic carbocycles. The lowest BCUT2D eigenvalue weighted by Crippen LogP contribution is -2.20. The molecule has 6 heteroatoms. The van der Waals surface area contributed by atoms with Crippen LogP contribution in [-0.4, -0.2) is 31.5 Å². The number of hydrogen-bond acceptors (Lipinski definition) is 5. The Labute approximate surface area is 101 Å². The molecule has 1 heterocycles. The van der Waals surface area contributed by atoms with Crippen molar-refractivity contribution in [2.45, 2.75) is 19.4 Å². The van der Waals surface area contributed by atoms with E-state index in [9.17, 15) is 8.42 Å². The van der Waals surface area contributed by atoms with E-state index in [1.807, 2.05) is 13.0 Å². The van der Waals surface area contributed by atoms with Gasteiger partial charge in [0.15, 0.2) is 0 Å². The molecule has 1 unspecified atom stereocenters. The van der Waals surface area contributed by atoms with E-state index < -0.39 is 9.84 Å². The van der Waals surface area contributed by atoms with Crippen molar-refractivity contribution in [1.82, 2.24) is 4.98 Å². The fourth-order valence-electron chi connectivity index (χ4n) is 1.26. The maximum atomic E-state index is 11.0. The summed E-state index contributed by atoms with van der Waals surface area (Å²) in [4.78, 5) is 4.05. The molecule has 0 radical (unpaired) electrons. The van der Waals surface area contributed by atoms with Crippen LogP contribution < -0.4 is 5.32 Å². The largest absolute Gasteiger partial charge is 0.368 e. The summed E-state index contributed by atoms with van der Waals surface area (Å²) in [5.74, 6) is 0.794. The number of hydrogen-bond donors (Lipinski definition) is 1. The Morgan fingerprint density at radius 2 is 2.24 bits per heavy atom. The molecule has 0 saturated carbocycles. The van der Waals surface area contributed by atoms with Gasteiger partial charge in [-0.2, -0.15) is 5.26 Å². The fourth-order valence-corrected chi connectivity index (χ4v) is 2.04. The fraction of sp³-hybridized carbons (Fsp3) is 0.455. The van der Waals surface area contributed by atoms with E-state index in [-0.39, 0.29) is 11.8 Å². The molecule has 5 nitrogen and oxygen atoms in total. The molecular weight excluding hydrogens is 238 g/mol. The Morgan fingerprint density at radius 3 is 2.71 bits per heavy atom. The first-order valence-electron chi connectivity index (χ1n) is 5.21. The zero-order valence-corrected chi connectivity index (χ0v) is 10.7. The number of sulfone groups is 1. The van der Waals surface area contributed by atoms with Gasteiger partial charge in [-0.05, 0) is 25.5 Å². The first-order chi connectivity index (χ1) is 7.90. The van der Waals surface area contributed by atoms with E-state index in [1.165, 1.54) is 12.5 Å². The van der Waals surface area contributed by atoms with Crippen molar-refractivity contribution in [2.75, 3.05) is 17.3 Å². The standard InChI is InChI=1S/C11H15N3O2S/c1-9(5-6-17(2,15)16)14-11-4-3-10(7-12)8-13-11/h3-4,8-9H,5-6H2,1-2H3,(H,13,14). The molecule has 1 aromatic rings. The molecule has 1 aromatic heterocycles. The van der Waals surface area contributed by atoms with Gasteiger partial charge in [-0.3, -0.25) is 0 Å². The number of nitrogens with zero attached hydrogens (tertiary/aromatic N) is 2. The summed E-state index contributed by atoms with van der Waals surface area (Å²) in [5, 5.41) is 11.7.